The largest absolute Gasteiger partial charge is 0.301 e. The van der Waals surface area contributed by atoms with Gasteiger partial charge in [-0.25, -0.2) is 17.9 Å². The zero-order valence-electron chi connectivity index (χ0n) is 14.9. The van der Waals surface area contributed by atoms with E-state index in [0.717, 1.165) is 19.6 Å². The van der Waals surface area contributed by atoms with E-state index in [-0.39, 0.29) is 4.90 Å². The molecule has 3 heterocycles. The summed E-state index contributed by atoms with van der Waals surface area (Å²) in [5.41, 5.74) is 1.93. The van der Waals surface area contributed by atoms with Gasteiger partial charge in [0.25, 0.3) is 0 Å². The van der Waals surface area contributed by atoms with Crippen LogP contribution in [0.2, 0.25) is 5.15 Å². The van der Waals surface area contributed by atoms with Gasteiger partial charge in [-0.15, -0.1) is 0 Å². The summed E-state index contributed by atoms with van der Waals surface area (Å²) in [7, 11) is -3.54. The highest BCUT2D eigenvalue weighted by molar-refractivity contribution is 7.89. The van der Waals surface area contributed by atoms with Crippen LogP contribution >= 0.6 is 11.6 Å². The van der Waals surface area contributed by atoms with Gasteiger partial charge in [-0.1, -0.05) is 30.7 Å². The molecule has 0 bridgehead atoms. The molecule has 142 valence electrons. The smallest absolute Gasteiger partial charge is 0.243 e. The molecule has 0 unspecified atom stereocenters. The number of rotatable bonds is 4. The molecule has 0 spiro atoms. The first-order chi connectivity index (χ1) is 13.0. The Kier molecular flexibility index (Phi) is 4.90. The van der Waals surface area contributed by atoms with Crippen molar-refractivity contribution in [1.29, 1.82) is 0 Å². The van der Waals surface area contributed by atoms with Crippen LogP contribution in [-0.4, -0.2) is 64.9 Å². The van der Waals surface area contributed by atoms with Gasteiger partial charge in [0.2, 0.25) is 10.0 Å². The number of aromatic nitrogens is 3. The Labute approximate surface area is 163 Å². The van der Waals surface area contributed by atoms with E-state index < -0.39 is 10.0 Å². The SMILES string of the molecule is CCN1CCN(S(=O)(=O)c2cccc(-c3cc(Cl)n4nccc4n3)c2)CC1. The van der Waals surface area contributed by atoms with Gasteiger partial charge in [0.15, 0.2) is 5.65 Å². The van der Waals surface area contributed by atoms with E-state index in [4.69, 9.17) is 11.6 Å². The highest BCUT2D eigenvalue weighted by atomic mass is 35.5. The normalized spacial score (nSPS) is 16.8. The van der Waals surface area contributed by atoms with Crippen molar-refractivity contribution in [2.24, 2.45) is 0 Å². The Morgan fingerprint density at radius 2 is 1.89 bits per heavy atom. The molecule has 2 aromatic heterocycles. The van der Waals surface area contributed by atoms with E-state index in [1.165, 1.54) is 4.52 Å². The van der Waals surface area contributed by atoms with E-state index in [0.29, 0.717) is 35.1 Å². The lowest BCUT2D eigenvalue weighted by Crippen LogP contribution is -2.48. The highest BCUT2D eigenvalue weighted by Gasteiger charge is 2.28. The summed E-state index contributed by atoms with van der Waals surface area (Å²) < 4.78 is 29.2. The van der Waals surface area contributed by atoms with Gasteiger partial charge in [0, 0.05) is 43.9 Å². The Morgan fingerprint density at radius 1 is 1.11 bits per heavy atom. The number of halogens is 1. The van der Waals surface area contributed by atoms with Crippen molar-refractivity contribution in [3.63, 3.8) is 0 Å². The molecule has 1 fully saturated rings. The number of hydrogen-bond donors (Lipinski definition) is 0. The van der Waals surface area contributed by atoms with Gasteiger partial charge in [-0.2, -0.15) is 9.40 Å². The number of piperazine rings is 1. The molecule has 1 aliphatic heterocycles. The second-order valence-corrected chi connectivity index (χ2v) is 8.76. The van der Waals surface area contributed by atoms with Crippen molar-refractivity contribution in [3.05, 3.63) is 47.7 Å². The second kappa shape index (κ2) is 7.20. The van der Waals surface area contributed by atoms with Crippen molar-refractivity contribution in [2.75, 3.05) is 32.7 Å². The zero-order valence-corrected chi connectivity index (χ0v) is 16.5. The third kappa shape index (κ3) is 3.45. The Bertz CT molecular complexity index is 1070. The minimum atomic E-state index is -3.54. The summed E-state index contributed by atoms with van der Waals surface area (Å²) in [4.78, 5) is 7.04. The average Bonchev–Trinajstić information content (AvgIpc) is 3.17. The maximum atomic E-state index is 13.1. The van der Waals surface area contributed by atoms with Gasteiger partial charge in [0.05, 0.1) is 16.8 Å². The fourth-order valence-electron chi connectivity index (χ4n) is 3.27. The van der Waals surface area contributed by atoms with Crippen LogP contribution in [0.4, 0.5) is 0 Å². The molecule has 3 aromatic rings. The minimum Gasteiger partial charge on any atom is -0.301 e. The Hall–Kier alpha value is -2.00. The predicted octanol–water partition coefficient (Wildman–Crippen LogP) is 2.38. The standard InChI is InChI=1S/C18H20ClN5O2S/c1-2-22-8-10-23(11-9-22)27(25,26)15-5-3-4-14(12-15)16-13-17(19)24-18(21-16)6-7-20-24/h3-7,12-13H,2,8-11H2,1H3. The highest BCUT2D eigenvalue weighted by Crippen LogP contribution is 2.26. The number of benzene rings is 1. The molecule has 1 aliphatic rings. The molecule has 7 nitrogen and oxygen atoms in total. The number of hydrogen-bond acceptors (Lipinski definition) is 5. The summed E-state index contributed by atoms with van der Waals surface area (Å²) in [6.45, 7) is 5.55. The molecular formula is C18H20ClN5O2S. The number of fused-ring (bicyclic) bond motifs is 1. The Balaban J connectivity index is 1.67. The molecule has 0 radical (unpaired) electrons. The number of sulfonamides is 1. The van der Waals surface area contributed by atoms with E-state index in [2.05, 4.69) is 21.9 Å². The first kappa shape index (κ1) is 18.4. The first-order valence-electron chi connectivity index (χ1n) is 8.82. The second-order valence-electron chi connectivity index (χ2n) is 6.43. The third-order valence-corrected chi connectivity index (χ3v) is 7.03. The van der Waals surface area contributed by atoms with Crippen LogP contribution in [0, 0.1) is 0 Å². The molecule has 0 amide bonds. The quantitative estimate of drug-likeness (QED) is 0.623. The van der Waals surface area contributed by atoms with Crippen LogP contribution in [0.1, 0.15) is 6.92 Å². The minimum absolute atomic E-state index is 0.274. The molecule has 0 saturated carbocycles. The van der Waals surface area contributed by atoms with Crippen molar-refractivity contribution in [1.82, 2.24) is 23.8 Å². The van der Waals surface area contributed by atoms with E-state index in [9.17, 15) is 8.42 Å². The van der Waals surface area contributed by atoms with Crippen LogP contribution in [0.15, 0.2) is 47.5 Å². The van der Waals surface area contributed by atoms with Crippen molar-refractivity contribution in [3.8, 4) is 11.3 Å². The van der Waals surface area contributed by atoms with Crippen LogP contribution in [0.25, 0.3) is 16.9 Å². The molecule has 27 heavy (non-hydrogen) atoms. The molecule has 0 N–H and O–H groups in total. The van der Waals surface area contributed by atoms with Crippen molar-refractivity contribution < 1.29 is 8.42 Å². The van der Waals surface area contributed by atoms with Crippen LogP contribution < -0.4 is 0 Å². The van der Waals surface area contributed by atoms with Gasteiger partial charge < -0.3 is 4.90 Å². The fourth-order valence-corrected chi connectivity index (χ4v) is 4.98. The summed E-state index contributed by atoms with van der Waals surface area (Å²) >= 11 is 6.26. The summed E-state index contributed by atoms with van der Waals surface area (Å²) in [6, 6.07) is 10.3. The molecule has 0 atom stereocenters. The third-order valence-electron chi connectivity index (χ3n) is 4.86. The van der Waals surface area contributed by atoms with Crippen LogP contribution in [0.5, 0.6) is 0 Å². The molecule has 1 saturated heterocycles. The number of nitrogens with zero attached hydrogens (tertiary/aromatic N) is 5. The molecule has 4 rings (SSSR count). The van der Waals surface area contributed by atoms with Crippen molar-refractivity contribution in [2.45, 2.75) is 11.8 Å². The predicted molar refractivity (Wildman–Crippen MR) is 104 cm³/mol. The lowest BCUT2D eigenvalue weighted by Gasteiger charge is -2.33. The molecule has 1 aromatic carbocycles. The van der Waals surface area contributed by atoms with E-state index in [1.807, 2.05) is 6.07 Å². The maximum Gasteiger partial charge on any atom is 0.243 e. The van der Waals surface area contributed by atoms with Crippen molar-refractivity contribution >= 4 is 27.3 Å². The monoisotopic (exact) mass is 405 g/mol. The van der Waals surface area contributed by atoms with Crippen LogP contribution in [-0.2, 0) is 10.0 Å². The lowest BCUT2D eigenvalue weighted by atomic mass is 10.1. The maximum absolute atomic E-state index is 13.1. The Morgan fingerprint density at radius 3 is 2.63 bits per heavy atom. The van der Waals surface area contributed by atoms with E-state index in [1.54, 1.807) is 40.8 Å². The topological polar surface area (TPSA) is 70.8 Å². The average molecular weight is 406 g/mol. The summed E-state index contributed by atoms with van der Waals surface area (Å²) in [6.07, 6.45) is 1.62. The molecule has 0 aliphatic carbocycles. The molecule has 9 heteroatoms. The van der Waals surface area contributed by atoms with Gasteiger partial charge in [0.1, 0.15) is 5.15 Å². The van der Waals surface area contributed by atoms with Gasteiger partial charge in [-0.3, -0.25) is 0 Å². The van der Waals surface area contributed by atoms with Gasteiger partial charge >= 0.3 is 0 Å². The summed E-state index contributed by atoms with van der Waals surface area (Å²) in [5.74, 6) is 0. The van der Waals surface area contributed by atoms with Crippen LogP contribution in [0.3, 0.4) is 0 Å². The first-order valence-corrected chi connectivity index (χ1v) is 10.6. The molecular weight excluding hydrogens is 386 g/mol. The van der Waals surface area contributed by atoms with Gasteiger partial charge in [-0.05, 0) is 18.7 Å². The lowest BCUT2D eigenvalue weighted by molar-refractivity contribution is 0.196. The summed E-state index contributed by atoms with van der Waals surface area (Å²) in [5, 5.41) is 4.52. The van der Waals surface area contributed by atoms with E-state index >= 15 is 0 Å². The zero-order chi connectivity index (χ0) is 19.0. The fraction of sp³-hybridized carbons (Fsp3) is 0.333. The number of likely N-dealkylation sites (N-methyl/N-ethyl adjacent to an activating group) is 1.